The molecule has 3 aromatic rings. The highest BCUT2D eigenvalue weighted by Crippen LogP contribution is 2.23. The smallest absolute Gasteiger partial charge is 0.231 e. The van der Waals surface area contributed by atoms with Gasteiger partial charge in [-0.15, -0.1) is 11.3 Å². The third-order valence-electron chi connectivity index (χ3n) is 3.61. The number of ether oxygens (including phenoxy) is 1. The van der Waals surface area contributed by atoms with E-state index in [-0.39, 0.29) is 12.3 Å². The second kappa shape index (κ2) is 8.82. The fourth-order valence-electron chi connectivity index (χ4n) is 2.35. The maximum Gasteiger partial charge on any atom is 0.231 e. The minimum absolute atomic E-state index is 0.115. The lowest BCUT2D eigenvalue weighted by Crippen LogP contribution is -2.15. The number of para-hydroxylation sites is 2. The van der Waals surface area contributed by atoms with Crippen molar-refractivity contribution in [3.05, 3.63) is 69.1 Å². The van der Waals surface area contributed by atoms with Gasteiger partial charge in [0.1, 0.15) is 10.8 Å². The molecule has 7 heteroatoms. The number of carbonyl (C=O) groups excluding carboxylic acids is 1. The van der Waals surface area contributed by atoms with E-state index >= 15 is 0 Å². The summed E-state index contributed by atoms with van der Waals surface area (Å²) in [4.78, 5) is 16.8. The molecule has 0 aliphatic rings. The van der Waals surface area contributed by atoms with Crippen molar-refractivity contribution in [3.8, 4) is 5.75 Å². The van der Waals surface area contributed by atoms with Crippen LogP contribution in [0.3, 0.4) is 0 Å². The van der Waals surface area contributed by atoms with Crippen LogP contribution in [-0.4, -0.2) is 18.0 Å². The molecule has 2 aromatic carbocycles. The Balaban J connectivity index is 1.54. The van der Waals surface area contributed by atoms with Crippen LogP contribution < -0.4 is 15.4 Å². The van der Waals surface area contributed by atoms with Crippen LogP contribution in [0.2, 0.25) is 0 Å². The summed E-state index contributed by atoms with van der Waals surface area (Å²) in [5, 5.41) is 8.93. The van der Waals surface area contributed by atoms with Gasteiger partial charge in [-0.3, -0.25) is 4.79 Å². The number of aromatic nitrogens is 1. The Morgan fingerprint density at radius 2 is 1.96 bits per heavy atom. The molecule has 1 aromatic heterocycles. The molecule has 26 heavy (non-hydrogen) atoms. The van der Waals surface area contributed by atoms with Gasteiger partial charge < -0.3 is 15.4 Å². The number of hydrogen-bond acceptors (Lipinski definition) is 5. The van der Waals surface area contributed by atoms with Gasteiger partial charge in [0.05, 0.1) is 31.5 Å². The summed E-state index contributed by atoms with van der Waals surface area (Å²) in [7, 11) is 1.58. The molecule has 0 aliphatic heterocycles. The van der Waals surface area contributed by atoms with Crippen LogP contribution >= 0.6 is 27.3 Å². The van der Waals surface area contributed by atoms with Crippen LogP contribution in [-0.2, 0) is 17.8 Å². The van der Waals surface area contributed by atoms with Crippen molar-refractivity contribution in [2.45, 2.75) is 13.0 Å². The number of carbonyl (C=O) groups is 1. The summed E-state index contributed by atoms with van der Waals surface area (Å²) in [5.41, 5.74) is 2.60. The Kier molecular flexibility index (Phi) is 6.25. The molecular weight excluding hydrogens is 414 g/mol. The molecule has 134 valence electrons. The maximum atomic E-state index is 12.3. The number of nitrogens with zero attached hydrogens (tertiary/aromatic N) is 1. The Hall–Kier alpha value is -2.38. The molecule has 5 nitrogen and oxygen atoms in total. The van der Waals surface area contributed by atoms with E-state index in [2.05, 4.69) is 31.5 Å². The highest BCUT2D eigenvalue weighted by molar-refractivity contribution is 9.10. The number of nitrogens with one attached hydrogen (secondary N) is 2. The first-order chi connectivity index (χ1) is 12.6. The summed E-state index contributed by atoms with van der Waals surface area (Å²) < 4.78 is 6.28. The van der Waals surface area contributed by atoms with Crippen molar-refractivity contribution in [1.29, 1.82) is 0 Å². The number of benzene rings is 2. The molecule has 0 atom stereocenters. The van der Waals surface area contributed by atoms with E-state index in [1.165, 1.54) is 11.3 Å². The van der Waals surface area contributed by atoms with Crippen LogP contribution in [0.4, 0.5) is 11.4 Å². The monoisotopic (exact) mass is 431 g/mol. The number of amides is 1. The molecule has 0 radical (unpaired) electrons. The minimum atomic E-state index is -0.115. The van der Waals surface area contributed by atoms with E-state index in [9.17, 15) is 4.79 Å². The van der Waals surface area contributed by atoms with Crippen LogP contribution in [0.1, 0.15) is 10.7 Å². The average molecular weight is 432 g/mol. The summed E-state index contributed by atoms with van der Waals surface area (Å²) in [5.74, 6) is 0.524. The van der Waals surface area contributed by atoms with Crippen LogP contribution in [0.15, 0.2) is 58.4 Å². The van der Waals surface area contributed by atoms with Crippen molar-refractivity contribution >= 4 is 44.5 Å². The Labute approximate surface area is 164 Å². The Bertz CT molecular complexity index is 881. The summed E-state index contributed by atoms with van der Waals surface area (Å²) in [6, 6.07) is 15.3. The van der Waals surface area contributed by atoms with E-state index < -0.39 is 0 Å². The lowest BCUT2D eigenvalue weighted by Gasteiger charge is -2.08. The first kappa shape index (κ1) is 18.4. The van der Waals surface area contributed by atoms with Gasteiger partial charge in [0.25, 0.3) is 0 Å². The predicted octanol–water partition coefficient (Wildman–Crippen LogP) is 4.71. The van der Waals surface area contributed by atoms with Gasteiger partial charge >= 0.3 is 0 Å². The molecular formula is C19H18BrN3O2S. The highest BCUT2D eigenvalue weighted by Gasteiger charge is 2.10. The van der Waals surface area contributed by atoms with Gasteiger partial charge in [-0.2, -0.15) is 0 Å². The number of methoxy groups -OCH3 is 1. The molecule has 0 saturated heterocycles. The van der Waals surface area contributed by atoms with Crippen molar-refractivity contribution in [2.75, 3.05) is 17.7 Å². The first-order valence-electron chi connectivity index (χ1n) is 7.99. The lowest BCUT2D eigenvalue weighted by atomic mass is 10.3. The van der Waals surface area contributed by atoms with Crippen LogP contribution in [0, 0.1) is 0 Å². The summed E-state index contributed by atoms with van der Waals surface area (Å²) in [6.07, 6.45) is 0.237. The first-order valence-corrected chi connectivity index (χ1v) is 9.67. The second-order valence-electron chi connectivity index (χ2n) is 5.52. The third-order valence-corrected chi connectivity index (χ3v) is 5.04. The lowest BCUT2D eigenvalue weighted by molar-refractivity contribution is -0.115. The van der Waals surface area contributed by atoms with Gasteiger partial charge in [0.15, 0.2) is 0 Å². The third kappa shape index (κ3) is 5.06. The zero-order valence-electron chi connectivity index (χ0n) is 14.2. The quantitative estimate of drug-likeness (QED) is 0.568. The zero-order valence-corrected chi connectivity index (χ0v) is 16.6. The van der Waals surface area contributed by atoms with Gasteiger partial charge in [0.2, 0.25) is 5.91 Å². The number of rotatable bonds is 7. The Morgan fingerprint density at radius 3 is 2.73 bits per heavy atom. The van der Waals surface area contributed by atoms with E-state index in [1.54, 1.807) is 7.11 Å². The molecule has 1 heterocycles. The molecule has 0 unspecified atom stereocenters. The molecule has 3 rings (SSSR count). The van der Waals surface area contributed by atoms with Crippen molar-refractivity contribution < 1.29 is 9.53 Å². The van der Waals surface area contributed by atoms with Gasteiger partial charge in [0, 0.05) is 15.5 Å². The van der Waals surface area contributed by atoms with Gasteiger partial charge in [-0.1, -0.05) is 28.1 Å². The van der Waals surface area contributed by atoms with Gasteiger partial charge in [-0.05, 0) is 36.4 Å². The summed E-state index contributed by atoms with van der Waals surface area (Å²) in [6.45, 7) is 0.617. The van der Waals surface area contributed by atoms with Crippen molar-refractivity contribution in [2.24, 2.45) is 0 Å². The molecule has 2 N–H and O–H groups in total. The number of hydrogen-bond donors (Lipinski definition) is 2. The topological polar surface area (TPSA) is 63.2 Å². The predicted molar refractivity (Wildman–Crippen MR) is 109 cm³/mol. The SMILES string of the molecule is COc1ccccc1NC(=O)Cc1nc(CNc2ccc(Br)cc2)cs1. The fraction of sp³-hybridized carbons (Fsp3) is 0.158. The average Bonchev–Trinajstić information content (AvgIpc) is 3.09. The van der Waals surface area contributed by atoms with Gasteiger partial charge in [-0.25, -0.2) is 4.98 Å². The van der Waals surface area contributed by atoms with E-state index in [0.29, 0.717) is 18.0 Å². The number of thiazole rings is 1. The molecule has 0 aliphatic carbocycles. The van der Waals surface area contributed by atoms with E-state index in [4.69, 9.17) is 4.74 Å². The normalized spacial score (nSPS) is 10.4. The molecule has 0 bridgehead atoms. The molecule has 0 saturated carbocycles. The largest absolute Gasteiger partial charge is 0.495 e. The molecule has 0 spiro atoms. The second-order valence-corrected chi connectivity index (χ2v) is 7.38. The molecule has 1 amide bonds. The molecule has 0 fully saturated rings. The van der Waals surface area contributed by atoms with Crippen molar-refractivity contribution in [3.63, 3.8) is 0 Å². The van der Waals surface area contributed by atoms with Crippen LogP contribution in [0.25, 0.3) is 0 Å². The van der Waals surface area contributed by atoms with E-state index in [1.807, 2.05) is 53.9 Å². The minimum Gasteiger partial charge on any atom is -0.495 e. The van der Waals surface area contributed by atoms with Crippen LogP contribution in [0.5, 0.6) is 5.75 Å². The number of anilines is 2. The zero-order chi connectivity index (χ0) is 18.4. The van der Waals surface area contributed by atoms with Crippen molar-refractivity contribution in [1.82, 2.24) is 4.98 Å². The standard InChI is InChI=1S/C19H18BrN3O2S/c1-25-17-5-3-2-4-16(17)23-18(24)10-19-22-15(12-26-19)11-21-14-8-6-13(20)7-9-14/h2-9,12,21H,10-11H2,1H3,(H,23,24). The highest BCUT2D eigenvalue weighted by atomic mass is 79.9. The fourth-order valence-corrected chi connectivity index (χ4v) is 3.41. The van der Waals surface area contributed by atoms with E-state index in [0.717, 1.165) is 20.9 Å². The maximum absolute atomic E-state index is 12.3. The number of halogens is 1. The Morgan fingerprint density at radius 1 is 1.19 bits per heavy atom. The summed E-state index contributed by atoms with van der Waals surface area (Å²) >= 11 is 4.90.